The van der Waals surface area contributed by atoms with Gasteiger partial charge in [0.1, 0.15) is 10.8 Å². The number of carbonyl (C=O) groups excluding carboxylic acids is 1. The summed E-state index contributed by atoms with van der Waals surface area (Å²) >= 11 is 1.39. The summed E-state index contributed by atoms with van der Waals surface area (Å²) in [6, 6.07) is 23.8. The molecule has 32 heavy (non-hydrogen) atoms. The van der Waals surface area contributed by atoms with Crippen LogP contribution in [0.25, 0.3) is 27.5 Å². The van der Waals surface area contributed by atoms with Crippen molar-refractivity contribution in [2.45, 2.75) is 5.03 Å². The summed E-state index contributed by atoms with van der Waals surface area (Å²) in [5.41, 5.74) is 3.54. The van der Waals surface area contributed by atoms with Crippen molar-refractivity contribution in [3.8, 4) is 17.0 Å². The van der Waals surface area contributed by atoms with Crippen LogP contribution in [0.5, 0.6) is 5.75 Å². The number of benzene rings is 3. The van der Waals surface area contributed by atoms with Crippen LogP contribution in [0, 0.1) is 0 Å². The zero-order valence-electron chi connectivity index (χ0n) is 17.4. The fraction of sp³-hybridized carbons (Fsp3) is 0.0800. The van der Waals surface area contributed by atoms with Crippen LogP contribution in [0.4, 0.5) is 5.69 Å². The highest BCUT2D eigenvalue weighted by atomic mass is 32.2. The Balaban J connectivity index is 1.37. The van der Waals surface area contributed by atoms with E-state index >= 15 is 0 Å². The molecule has 2 heterocycles. The van der Waals surface area contributed by atoms with Crippen LogP contribution in [-0.4, -0.2) is 33.4 Å². The monoisotopic (exact) mass is 440 g/mol. The number of rotatable bonds is 6. The number of fused-ring (bicyclic) bond motifs is 2. The van der Waals surface area contributed by atoms with Gasteiger partial charge >= 0.3 is 0 Å². The number of amides is 1. The number of nitrogens with one attached hydrogen (secondary N) is 1. The number of ether oxygens (including phenoxy) is 1. The molecule has 0 unspecified atom stereocenters. The number of carbonyl (C=O) groups is 1. The highest BCUT2D eigenvalue weighted by molar-refractivity contribution is 8.00. The number of hydrogen-bond acceptors (Lipinski definition) is 5. The van der Waals surface area contributed by atoms with Crippen LogP contribution in [0.2, 0.25) is 0 Å². The first-order chi connectivity index (χ1) is 15.7. The molecule has 7 heteroatoms. The summed E-state index contributed by atoms with van der Waals surface area (Å²) in [5.74, 6) is 0.891. The fourth-order valence-corrected chi connectivity index (χ4v) is 4.37. The third-order valence-corrected chi connectivity index (χ3v) is 6.13. The van der Waals surface area contributed by atoms with Crippen molar-refractivity contribution in [3.63, 3.8) is 0 Å². The molecule has 1 N–H and O–H groups in total. The average molecular weight is 441 g/mol. The van der Waals surface area contributed by atoms with Crippen molar-refractivity contribution in [1.82, 2.24) is 14.6 Å². The third-order valence-electron chi connectivity index (χ3n) is 5.13. The summed E-state index contributed by atoms with van der Waals surface area (Å²) in [5, 5.41) is 10.7. The summed E-state index contributed by atoms with van der Waals surface area (Å²) in [6.45, 7) is 0. The number of methoxy groups -OCH3 is 1. The van der Waals surface area contributed by atoms with Crippen molar-refractivity contribution < 1.29 is 9.53 Å². The molecule has 0 spiro atoms. The maximum Gasteiger partial charge on any atom is 0.234 e. The Kier molecular flexibility index (Phi) is 5.47. The Morgan fingerprint density at radius 1 is 1.06 bits per heavy atom. The topological polar surface area (TPSA) is 68.5 Å². The van der Waals surface area contributed by atoms with Gasteiger partial charge in [0.25, 0.3) is 0 Å². The average Bonchev–Trinajstić information content (AvgIpc) is 3.27. The van der Waals surface area contributed by atoms with Gasteiger partial charge in [-0.25, -0.2) is 9.50 Å². The van der Waals surface area contributed by atoms with Gasteiger partial charge in [0.05, 0.1) is 24.1 Å². The molecule has 0 saturated heterocycles. The van der Waals surface area contributed by atoms with E-state index in [-0.39, 0.29) is 11.7 Å². The molecule has 0 bridgehead atoms. The molecular formula is C25H20N4O2S. The molecule has 3 aromatic carbocycles. The maximum atomic E-state index is 12.4. The molecule has 0 radical (unpaired) electrons. The van der Waals surface area contributed by atoms with E-state index in [2.05, 4.69) is 34.6 Å². The molecule has 0 atom stereocenters. The second kappa shape index (κ2) is 8.72. The largest absolute Gasteiger partial charge is 0.497 e. The van der Waals surface area contributed by atoms with Gasteiger partial charge in [-0.05, 0) is 41.1 Å². The van der Waals surface area contributed by atoms with Crippen molar-refractivity contribution in [2.24, 2.45) is 0 Å². The van der Waals surface area contributed by atoms with E-state index in [0.717, 1.165) is 38.6 Å². The molecular weight excluding hydrogens is 420 g/mol. The fourth-order valence-electron chi connectivity index (χ4n) is 3.60. The first-order valence-corrected chi connectivity index (χ1v) is 11.1. The van der Waals surface area contributed by atoms with Crippen LogP contribution in [0.3, 0.4) is 0 Å². The second-order valence-electron chi connectivity index (χ2n) is 7.18. The van der Waals surface area contributed by atoms with Crippen LogP contribution in [0.1, 0.15) is 0 Å². The van der Waals surface area contributed by atoms with E-state index in [4.69, 9.17) is 9.84 Å². The van der Waals surface area contributed by atoms with Crippen molar-refractivity contribution in [1.29, 1.82) is 0 Å². The highest BCUT2D eigenvalue weighted by Crippen LogP contribution is 2.30. The first kappa shape index (κ1) is 20.1. The van der Waals surface area contributed by atoms with Gasteiger partial charge in [-0.15, -0.1) is 0 Å². The van der Waals surface area contributed by atoms with Crippen molar-refractivity contribution >= 4 is 39.6 Å². The quantitative estimate of drug-likeness (QED) is 0.364. The van der Waals surface area contributed by atoms with Crippen LogP contribution in [-0.2, 0) is 4.79 Å². The van der Waals surface area contributed by atoms with E-state index in [1.807, 2.05) is 59.2 Å². The predicted octanol–water partition coefficient (Wildman–Crippen LogP) is 5.29. The molecule has 6 nitrogen and oxygen atoms in total. The maximum absolute atomic E-state index is 12.4. The number of hydrogen-bond donors (Lipinski definition) is 1. The number of anilines is 1. The molecule has 0 fully saturated rings. The number of aromatic nitrogens is 3. The molecule has 0 aliphatic heterocycles. The lowest BCUT2D eigenvalue weighted by Crippen LogP contribution is -2.14. The van der Waals surface area contributed by atoms with E-state index in [1.54, 1.807) is 13.3 Å². The molecule has 5 aromatic rings. The zero-order valence-corrected chi connectivity index (χ0v) is 18.2. The first-order valence-electron chi connectivity index (χ1n) is 10.1. The van der Waals surface area contributed by atoms with Crippen LogP contribution in [0.15, 0.2) is 90.2 Å². The predicted molar refractivity (Wildman–Crippen MR) is 128 cm³/mol. The lowest BCUT2D eigenvalue weighted by Gasteiger charge is -2.06. The minimum Gasteiger partial charge on any atom is -0.497 e. The Morgan fingerprint density at radius 2 is 1.88 bits per heavy atom. The van der Waals surface area contributed by atoms with Crippen LogP contribution >= 0.6 is 11.8 Å². The normalized spacial score (nSPS) is 11.0. The van der Waals surface area contributed by atoms with Crippen molar-refractivity contribution in [3.05, 3.63) is 85.2 Å². The van der Waals surface area contributed by atoms with Gasteiger partial charge in [-0.1, -0.05) is 54.2 Å². The molecule has 1 amide bonds. The summed E-state index contributed by atoms with van der Waals surface area (Å²) in [4.78, 5) is 16.9. The Labute approximate surface area is 189 Å². The molecule has 0 aliphatic carbocycles. The summed E-state index contributed by atoms with van der Waals surface area (Å²) < 4.78 is 6.96. The standard InChI is InChI=1S/C25H20N4O2S/c1-31-19-11-9-18(10-12-19)27-24(30)16-32-25-23-15-22(28-29(23)14-13-26-25)21-8-4-6-17-5-2-3-7-20(17)21/h2-15H,16H2,1H3,(H,27,30). The second-order valence-corrected chi connectivity index (χ2v) is 8.15. The van der Waals surface area contributed by atoms with Gasteiger partial charge in [0.15, 0.2) is 0 Å². The summed E-state index contributed by atoms with van der Waals surface area (Å²) in [7, 11) is 1.61. The van der Waals surface area contributed by atoms with E-state index < -0.39 is 0 Å². The summed E-state index contributed by atoms with van der Waals surface area (Å²) in [6.07, 6.45) is 3.53. The molecule has 2 aromatic heterocycles. The van der Waals surface area contributed by atoms with Gasteiger partial charge in [-0.3, -0.25) is 4.79 Å². The zero-order chi connectivity index (χ0) is 21.9. The highest BCUT2D eigenvalue weighted by Gasteiger charge is 2.13. The lowest BCUT2D eigenvalue weighted by atomic mass is 10.0. The van der Waals surface area contributed by atoms with Gasteiger partial charge in [-0.2, -0.15) is 5.10 Å². The minimum absolute atomic E-state index is 0.0993. The molecule has 158 valence electrons. The van der Waals surface area contributed by atoms with Gasteiger partial charge in [0, 0.05) is 23.6 Å². The smallest absolute Gasteiger partial charge is 0.234 e. The minimum atomic E-state index is -0.0993. The van der Waals surface area contributed by atoms with E-state index in [1.165, 1.54) is 17.1 Å². The SMILES string of the molecule is COc1ccc(NC(=O)CSc2nccn3nc(-c4cccc5ccccc45)cc23)cc1. The number of nitrogens with zero attached hydrogens (tertiary/aromatic N) is 3. The van der Waals surface area contributed by atoms with Crippen LogP contribution < -0.4 is 10.1 Å². The molecule has 0 aliphatic rings. The molecule has 0 saturated carbocycles. The lowest BCUT2D eigenvalue weighted by molar-refractivity contribution is -0.113. The Hall–Kier alpha value is -3.84. The van der Waals surface area contributed by atoms with Gasteiger partial charge in [0.2, 0.25) is 5.91 Å². The van der Waals surface area contributed by atoms with E-state index in [0.29, 0.717) is 0 Å². The van der Waals surface area contributed by atoms with Gasteiger partial charge < -0.3 is 10.1 Å². The Morgan fingerprint density at radius 3 is 2.72 bits per heavy atom. The Bertz CT molecular complexity index is 1410. The molecule has 5 rings (SSSR count). The third kappa shape index (κ3) is 4.02. The van der Waals surface area contributed by atoms with E-state index in [9.17, 15) is 4.79 Å². The number of thioether (sulfide) groups is 1. The van der Waals surface area contributed by atoms with Crippen molar-refractivity contribution in [2.75, 3.05) is 18.2 Å².